The highest BCUT2D eigenvalue weighted by molar-refractivity contribution is 5.77. The van der Waals surface area contributed by atoms with E-state index in [0.717, 1.165) is 47.3 Å². The van der Waals surface area contributed by atoms with Crippen LogP contribution in [0.3, 0.4) is 0 Å². The first-order chi connectivity index (χ1) is 14.8. The molecule has 2 saturated heterocycles. The molecule has 1 aromatic heterocycles. The van der Waals surface area contributed by atoms with Gasteiger partial charge in [-0.15, -0.1) is 0 Å². The van der Waals surface area contributed by atoms with Gasteiger partial charge in [0.05, 0.1) is 36.1 Å². The summed E-state index contributed by atoms with van der Waals surface area (Å²) in [5.74, 6) is 0.833. The number of urea groups is 1. The second-order valence-corrected chi connectivity index (χ2v) is 7.64. The molecule has 7 heteroatoms. The Morgan fingerprint density at radius 2 is 1.77 bits per heavy atom. The minimum absolute atomic E-state index is 0.0215. The maximum Gasteiger partial charge on any atom is 0.343 e. The molecule has 0 N–H and O–H groups in total. The molecule has 2 fully saturated rings. The molecule has 3 heterocycles. The predicted molar refractivity (Wildman–Crippen MR) is 113 cm³/mol. The molecule has 30 heavy (non-hydrogen) atoms. The molecule has 0 radical (unpaired) electrons. The van der Waals surface area contributed by atoms with E-state index in [4.69, 9.17) is 14.6 Å². The van der Waals surface area contributed by atoms with E-state index in [1.165, 1.54) is 5.06 Å². The number of hydrogen-bond donors (Lipinski definition) is 0. The zero-order chi connectivity index (χ0) is 20.3. The molecule has 0 atom stereocenters. The van der Waals surface area contributed by atoms with Crippen LogP contribution in [0, 0.1) is 0 Å². The molecule has 0 unspecified atom stereocenters. The number of carbonyl (C=O) groups is 1. The smallest absolute Gasteiger partial charge is 0.343 e. The number of benzene rings is 2. The van der Waals surface area contributed by atoms with Crippen LogP contribution in [-0.2, 0) is 4.84 Å². The van der Waals surface area contributed by atoms with Crippen molar-refractivity contribution in [2.45, 2.75) is 25.4 Å². The maximum absolute atomic E-state index is 12.4. The van der Waals surface area contributed by atoms with Gasteiger partial charge >= 0.3 is 6.03 Å². The summed E-state index contributed by atoms with van der Waals surface area (Å²) in [5.41, 5.74) is 3.63. The minimum Gasteiger partial charge on any atom is -0.490 e. The molecule has 2 amide bonds. The van der Waals surface area contributed by atoms with Crippen molar-refractivity contribution in [1.82, 2.24) is 19.9 Å². The van der Waals surface area contributed by atoms with Crippen molar-refractivity contribution in [2.24, 2.45) is 0 Å². The second kappa shape index (κ2) is 8.28. The summed E-state index contributed by atoms with van der Waals surface area (Å²) in [4.78, 5) is 28.8. The van der Waals surface area contributed by atoms with E-state index < -0.39 is 0 Å². The highest BCUT2D eigenvalue weighted by atomic mass is 16.7. The quantitative estimate of drug-likeness (QED) is 0.662. The van der Waals surface area contributed by atoms with Gasteiger partial charge in [-0.05, 0) is 42.8 Å². The monoisotopic (exact) mass is 404 g/mol. The normalized spacial score (nSPS) is 17.5. The van der Waals surface area contributed by atoms with E-state index in [9.17, 15) is 4.79 Å². The maximum atomic E-state index is 12.4. The number of aromatic nitrogens is 2. The van der Waals surface area contributed by atoms with Crippen LogP contribution in [0.1, 0.15) is 19.3 Å². The topological polar surface area (TPSA) is 67.8 Å². The molecule has 2 aromatic carbocycles. The van der Waals surface area contributed by atoms with Gasteiger partial charge in [-0.2, -0.15) is 0 Å². The Kier molecular flexibility index (Phi) is 5.19. The number of piperidine rings is 1. The lowest BCUT2D eigenvalue weighted by atomic mass is 10.1. The summed E-state index contributed by atoms with van der Waals surface area (Å²) in [6, 6.07) is 15.8. The van der Waals surface area contributed by atoms with Crippen molar-refractivity contribution in [3.63, 3.8) is 0 Å². The number of ether oxygens (including phenoxy) is 1. The first-order valence-electron chi connectivity index (χ1n) is 10.4. The summed E-state index contributed by atoms with van der Waals surface area (Å²) >= 11 is 0. The fourth-order valence-electron chi connectivity index (χ4n) is 3.91. The van der Waals surface area contributed by atoms with Crippen LogP contribution in [0.25, 0.3) is 22.3 Å². The van der Waals surface area contributed by atoms with Crippen molar-refractivity contribution < 1.29 is 14.4 Å². The molecule has 2 aliphatic heterocycles. The van der Waals surface area contributed by atoms with Gasteiger partial charge in [0.25, 0.3) is 0 Å². The number of para-hydroxylation sites is 2. The Morgan fingerprint density at radius 1 is 1.00 bits per heavy atom. The summed E-state index contributed by atoms with van der Waals surface area (Å²) in [7, 11) is 0. The van der Waals surface area contributed by atoms with Gasteiger partial charge in [0.1, 0.15) is 11.9 Å². The van der Waals surface area contributed by atoms with Crippen molar-refractivity contribution in [1.29, 1.82) is 0 Å². The molecule has 0 bridgehead atoms. The first kappa shape index (κ1) is 18.8. The number of hydrogen-bond acceptors (Lipinski definition) is 5. The van der Waals surface area contributed by atoms with Gasteiger partial charge in [-0.1, -0.05) is 12.1 Å². The Labute approximate surface area is 175 Å². The van der Waals surface area contributed by atoms with Crippen LogP contribution in [0.15, 0.2) is 54.7 Å². The highest BCUT2D eigenvalue weighted by Crippen LogP contribution is 2.25. The van der Waals surface area contributed by atoms with E-state index >= 15 is 0 Å². The van der Waals surface area contributed by atoms with Crippen LogP contribution >= 0.6 is 0 Å². The van der Waals surface area contributed by atoms with Crippen molar-refractivity contribution >= 4 is 17.1 Å². The van der Waals surface area contributed by atoms with Crippen molar-refractivity contribution in [2.75, 3.05) is 26.2 Å². The standard InChI is InChI=1S/C23H24N4O3/c28-23(27-12-3-15-29-27)26-13-10-19(11-14-26)30-18-8-6-17(7-9-18)22-16-24-20-4-1-2-5-21(20)25-22/h1-2,4-9,16,19H,3,10-15H2. The van der Waals surface area contributed by atoms with Gasteiger partial charge in [-0.25, -0.2) is 14.8 Å². The van der Waals surface area contributed by atoms with E-state index in [2.05, 4.69) is 4.98 Å². The van der Waals surface area contributed by atoms with E-state index in [1.807, 2.05) is 53.4 Å². The Bertz CT molecular complexity index is 1030. The van der Waals surface area contributed by atoms with Crippen LogP contribution < -0.4 is 4.74 Å². The van der Waals surface area contributed by atoms with Gasteiger partial charge < -0.3 is 9.64 Å². The summed E-state index contributed by atoms with van der Waals surface area (Å²) in [5, 5.41) is 1.48. The SMILES string of the molecule is O=C(N1CCC(Oc2ccc(-c3cnc4ccccc4n3)cc2)CC1)N1CCCO1. The average Bonchev–Trinajstić information content (AvgIpc) is 3.34. The minimum atomic E-state index is -0.0215. The number of nitrogens with zero attached hydrogens (tertiary/aromatic N) is 4. The molecule has 2 aliphatic rings. The zero-order valence-corrected chi connectivity index (χ0v) is 16.7. The van der Waals surface area contributed by atoms with Crippen molar-refractivity contribution in [3.05, 3.63) is 54.7 Å². The lowest BCUT2D eigenvalue weighted by molar-refractivity contribution is -0.0797. The average molecular weight is 404 g/mol. The molecular weight excluding hydrogens is 380 g/mol. The largest absolute Gasteiger partial charge is 0.490 e. The van der Waals surface area contributed by atoms with Crippen LogP contribution in [0.2, 0.25) is 0 Å². The number of hydroxylamine groups is 2. The van der Waals surface area contributed by atoms with Crippen LogP contribution in [0.4, 0.5) is 4.79 Å². The molecule has 7 nitrogen and oxygen atoms in total. The second-order valence-electron chi connectivity index (χ2n) is 7.64. The van der Waals surface area contributed by atoms with Crippen LogP contribution in [-0.4, -0.2) is 58.3 Å². The highest BCUT2D eigenvalue weighted by Gasteiger charge is 2.29. The third-order valence-electron chi connectivity index (χ3n) is 5.58. The van der Waals surface area contributed by atoms with Gasteiger partial charge in [0, 0.05) is 31.5 Å². The number of likely N-dealkylation sites (tertiary alicyclic amines) is 1. The van der Waals surface area contributed by atoms with Crippen LogP contribution in [0.5, 0.6) is 5.75 Å². The predicted octanol–water partition coefficient (Wildman–Crippen LogP) is 3.90. The summed E-state index contributed by atoms with van der Waals surface area (Å²) in [6.07, 6.45) is 4.45. The third kappa shape index (κ3) is 3.93. The molecule has 0 spiro atoms. The fraction of sp³-hybridized carbons (Fsp3) is 0.348. The molecule has 3 aromatic rings. The Morgan fingerprint density at radius 3 is 2.50 bits per heavy atom. The van der Waals surface area contributed by atoms with Gasteiger partial charge in [0.2, 0.25) is 0 Å². The number of carbonyl (C=O) groups excluding carboxylic acids is 1. The lowest BCUT2D eigenvalue weighted by Crippen LogP contribution is -2.47. The zero-order valence-electron chi connectivity index (χ0n) is 16.7. The Hall–Kier alpha value is -3.19. The number of rotatable bonds is 3. The fourth-order valence-corrected chi connectivity index (χ4v) is 3.91. The molecule has 5 rings (SSSR count). The molecule has 154 valence electrons. The molecule has 0 saturated carbocycles. The van der Waals surface area contributed by atoms with Gasteiger partial charge in [-0.3, -0.25) is 9.82 Å². The van der Waals surface area contributed by atoms with Crippen molar-refractivity contribution in [3.8, 4) is 17.0 Å². The molecular formula is C23H24N4O3. The summed E-state index contributed by atoms with van der Waals surface area (Å²) < 4.78 is 6.15. The van der Waals surface area contributed by atoms with E-state index in [-0.39, 0.29) is 12.1 Å². The summed E-state index contributed by atoms with van der Waals surface area (Å²) in [6.45, 7) is 2.69. The lowest BCUT2D eigenvalue weighted by Gasteiger charge is -2.33. The Balaban J connectivity index is 1.19. The van der Waals surface area contributed by atoms with E-state index in [0.29, 0.717) is 26.2 Å². The third-order valence-corrected chi connectivity index (χ3v) is 5.58. The first-order valence-corrected chi connectivity index (χ1v) is 10.4. The van der Waals surface area contributed by atoms with Gasteiger partial charge in [0.15, 0.2) is 0 Å². The molecule has 0 aliphatic carbocycles. The van der Waals surface area contributed by atoms with E-state index in [1.54, 1.807) is 6.20 Å². The number of fused-ring (bicyclic) bond motifs is 1. The number of amides is 2.